The van der Waals surface area contributed by atoms with Crippen molar-refractivity contribution in [2.75, 3.05) is 26.9 Å². The number of rotatable bonds is 6. The van der Waals surface area contributed by atoms with Crippen LogP contribution in [0.25, 0.3) is 0 Å². The molecule has 2 N–H and O–H groups in total. The van der Waals surface area contributed by atoms with Gasteiger partial charge in [0.15, 0.2) is 0 Å². The SMILES string of the molecule is COc1cccc(CCOCCN)c1. The summed E-state index contributed by atoms with van der Waals surface area (Å²) in [6.45, 7) is 1.92. The smallest absolute Gasteiger partial charge is 0.119 e. The minimum Gasteiger partial charge on any atom is -0.497 e. The van der Waals surface area contributed by atoms with Gasteiger partial charge < -0.3 is 15.2 Å². The zero-order valence-corrected chi connectivity index (χ0v) is 8.53. The van der Waals surface area contributed by atoms with Gasteiger partial charge in [-0.3, -0.25) is 0 Å². The molecule has 0 radical (unpaired) electrons. The van der Waals surface area contributed by atoms with Crippen LogP contribution in [0.1, 0.15) is 5.56 Å². The van der Waals surface area contributed by atoms with Crippen LogP contribution in [-0.4, -0.2) is 26.9 Å². The third-order valence-electron chi connectivity index (χ3n) is 1.93. The zero-order chi connectivity index (χ0) is 10.2. The maximum absolute atomic E-state index is 5.31. The van der Waals surface area contributed by atoms with Crippen molar-refractivity contribution in [2.24, 2.45) is 5.73 Å². The largest absolute Gasteiger partial charge is 0.497 e. The van der Waals surface area contributed by atoms with E-state index >= 15 is 0 Å². The Kier molecular flexibility index (Phi) is 5.04. The zero-order valence-electron chi connectivity index (χ0n) is 8.53. The molecule has 0 aliphatic carbocycles. The van der Waals surface area contributed by atoms with Gasteiger partial charge in [0, 0.05) is 6.54 Å². The van der Waals surface area contributed by atoms with Gasteiger partial charge in [-0.2, -0.15) is 0 Å². The highest BCUT2D eigenvalue weighted by molar-refractivity contribution is 5.28. The van der Waals surface area contributed by atoms with E-state index in [0.29, 0.717) is 19.8 Å². The van der Waals surface area contributed by atoms with E-state index in [4.69, 9.17) is 15.2 Å². The normalized spacial score (nSPS) is 10.1. The predicted octanol–water partition coefficient (Wildman–Crippen LogP) is 1.21. The van der Waals surface area contributed by atoms with Crippen molar-refractivity contribution in [1.82, 2.24) is 0 Å². The molecule has 1 aromatic carbocycles. The van der Waals surface area contributed by atoms with Gasteiger partial charge in [0.25, 0.3) is 0 Å². The van der Waals surface area contributed by atoms with Gasteiger partial charge in [-0.25, -0.2) is 0 Å². The molecule has 0 fully saturated rings. The van der Waals surface area contributed by atoms with Crippen molar-refractivity contribution in [3.8, 4) is 5.75 Å². The highest BCUT2D eigenvalue weighted by Crippen LogP contribution is 2.12. The number of nitrogens with two attached hydrogens (primary N) is 1. The van der Waals surface area contributed by atoms with Gasteiger partial charge in [0.2, 0.25) is 0 Å². The summed E-state index contributed by atoms with van der Waals surface area (Å²) in [6, 6.07) is 8.00. The van der Waals surface area contributed by atoms with Gasteiger partial charge in [-0.15, -0.1) is 0 Å². The van der Waals surface area contributed by atoms with Gasteiger partial charge >= 0.3 is 0 Å². The third kappa shape index (κ3) is 3.77. The van der Waals surface area contributed by atoms with E-state index in [1.165, 1.54) is 5.56 Å². The first-order valence-corrected chi connectivity index (χ1v) is 4.77. The van der Waals surface area contributed by atoms with E-state index in [-0.39, 0.29) is 0 Å². The Balaban J connectivity index is 2.34. The Morgan fingerprint density at radius 2 is 2.14 bits per heavy atom. The second-order valence-electron chi connectivity index (χ2n) is 3.00. The average Bonchev–Trinajstić information content (AvgIpc) is 2.25. The topological polar surface area (TPSA) is 44.5 Å². The third-order valence-corrected chi connectivity index (χ3v) is 1.93. The Morgan fingerprint density at radius 1 is 1.29 bits per heavy atom. The first-order chi connectivity index (χ1) is 6.86. The molecule has 14 heavy (non-hydrogen) atoms. The van der Waals surface area contributed by atoms with Crippen LogP contribution in [0, 0.1) is 0 Å². The van der Waals surface area contributed by atoms with E-state index in [1.807, 2.05) is 18.2 Å². The minimum absolute atomic E-state index is 0.581. The first-order valence-electron chi connectivity index (χ1n) is 4.77. The molecule has 78 valence electrons. The number of methoxy groups -OCH3 is 1. The quantitative estimate of drug-likeness (QED) is 0.694. The van der Waals surface area contributed by atoms with Gasteiger partial charge in [0.1, 0.15) is 5.75 Å². The summed E-state index contributed by atoms with van der Waals surface area (Å²) in [7, 11) is 1.67. The molecule has 0 unspecified atom stereocenters. The second-order valence-corrected chi connectivity index (χ2v) is 3.00. The van der Waals surface area contributed by atoms with E-state index < -0.39 is 0 Å². The summed E-state index contributed by atoms with van der Waals surface area (Å²) in [6.07, 6.45) is 0.900. The lowest BCUT2D eigenvalue weighted by Gasteiger charge is -2.04. The van der Waals surface area contributed by atoms with Crippen LogP contribution < -0.4 is 10.5 Å². The summed E-state index contributed by atoms with van der Waals surface area (Å²) in [4.78, 5) is 0. The summed E-state index contributed by atoms with van der Waals surface area (Å²) >= 11 is 0. The summed E-state index contributed by atoms with van der Waals surface area (Å²) in [5.41, 5.74) is 6.53. The van der Waals surface area contributed by atoms with Crippen molar-refractivity contribution >= 4 is 0 Å². The molecule has 0 aromatic heterocycles. The highest BCUT2D eigenvalue weighted by atomic mass is 16.5. The molecule has 3 nitrogen and oxygen atoms in total. The fourth-order valence-electron chi connectivity index (χ4n) is 1.20. The lowest BCUT2D eigenvalue weighted by Crippen LogP contribution is -2.10. The maximum Gasteiger partial charge on any atom is 0.119 e. The first kappa shape index (κ1) is 11.0. The Labute approximate surface area is 84.8 Å². The minimum atomic E-state index is 0.581. The fraction of sp³-hybridized carbons (Fsp3) is 0.455. The Bertz CT molecular complexity index is 263. The maximum atomic E-state index is 5.31. The molecule has 0 aliphatic heterocycles. The molecular formula is C11H17NO2. The molecule has 0 heterocycles. The van der Waals surface area contributed by atoms with Crippen LogP contribution in [0.4, 0.5) is 0 Å². The lowest BCUT2D eigenvalue weighted by molar-refractivity contribution is 0.144. The number of hydrogen-bond acceptors (Lipinski definition) is 3. The molecule has 0 saturated heterocycles. The molecule has 0 saturated carbocycles. The van der Waals surface area contributed by atoms with E-state index in [2.05, 4.69) is 6.07 Å². The second kappa shape index (κ2) is 6.40. The Morgan fingerprint density at radius 3 is 2.86 bits per heavy atom. The Hall–Kier alpha value is -1.06. The average molecular weight is 195 g/mol. The van der Waals surface area contributed by atoms with Crippen molar-refractivity contribution < 1.29 is 9.47 Å². The van der Waals surface area contributed by atoms with Crippen LogP contribution in [0.5, 0.6) is 5.75 Å². The van der Waals surface area contributed by atoms with Crippen LogP contribution >= 0.6 is 0 Å². The number of hydrogen-bond donors (Lipinski definition) is 1. The van der Waals surface area contributed by atoms with Gasteiger partial charge in [-0.1, -0.05) is 12.1 Å². The molecule has 3 heteroatoms. The molecular weight excluding hydrogens is 178 g/mol. The lowest BCUT2D eigenvalue weighted by atomic mass is 10.1. The molecule has 0 bridgehead atoms. The van der Waals surface area contributed by atoms with Crippen molar-refractivity contribution in [3.05, 3.63) is 29.8 Å². The molecule has 0 atom stereocenters. The standard InChI is InChI=1S/C11H17NO2/c1-13-11-4-2-3-10(9-11)5-7-14-8-6-12/h2-4,9H,5-8,12H2,1H3. The summed E-state index contributed by atoms with van der Waals surface area (Å²) in [5, 5.41) is 0. The molecule has 1 rings (SSSR count). The summed E-state index contributed by atoms with van der Waals surface area (Å²) in [5.74, 6) is 0.890. The van der Waals surface area contributed by atoms with Gasteiger partial charge in [-0.05, 0) is 24.1 Å². The van der Waals surface area contributed by atoms with Crippen LogP contribution in [0.2, 0.25) is 0 Å². The monoisotopic (exact) mass is 195 g/mol. The highest BCUT2D eigenvalue weighted by Gasteiger charge is 1.95. The predicted molar refractivity (Wildman–Crippen MR) is 56.6 cm³/mol. The molecule has 0 amide bonds. The number of ether oxygens (including phenoxy) is 2. The van der Waals surface area contributed by atoms with E-state index in [9.17, 15) is 0 Å². The van der Waals surface area contributed by atoms with Crippen LogP contribution in [0.3, 0.4) is 0 Å². The molecule has 0 aliphatic rings. The van der Waals surface area contributed by atoms with Crippen LogP contribution in [0.15, 0.2) is 24.3 Å². The summed E-state index contributed by atoms with van der Waals surface area (Å²) < 4.78 is 10.4. The van der Waals surface area contributed by atoms with Crippen molar-refractivity contribution in [2.45, 2.75) is 6.42 Å². The molecule has 1 aromatic rings. The van der Waals surface area contributed by atoms with E-state index in [0.717, 1.165) is 12.2 Å². The molecule has 0 spiro atoms. The fourth-order valence-corrected chi connectivity index (χ4v) is 1.20. The van der Waals surface area contributed by atoms with Gasteiger partial charge in [0.05, 0.1) is 20.3 Å². The van der Waals surface area contributed by atoms with Crippen molar-refractivity contribution in [3.63, 3.8) is 0 Å². The van der Waals surface area contributed by atoms with E-state index in [1.54, 1.807) is 7.11 Å². The van der Waals surface area contributed by atoms with Crippen LogP contribution in [-0.2, 0) is 11.2 Å². The van der Waals surface area contributed by atoms with Crippen molar-refractivity contribution in [1.29, 1.82) is 0 Å². The number of benzene rings is 1.